The lowest BCUT2D eigenvalue weighted by Gasteiger charge is -2.33. The molecule has 0 aromatic carbocycles. The number of piperazine rings is 1. The number of likely N-dealkylation sites (N-methyl/N-ethyl adjacent to an activating group) is 1. The molecule has 136 valence electrons. The van der Waals surface area contributed by atoms with E-state index in [9.17, 15) is 9.59 Å². The molecular weight excluding hydrogens is 344 g/mol. The Hall–Kier alpha value is -2.06. The first-order chi connectivity index (χ1) is 11.8. The molecule has 2 aromatic heterocycles. The Morgan fingerprint density at radius 2 is 1.76 bits per heavy atom. The highest BCUT2D eigenvalue weighted by molar-refractivity contribution is 6.29. The first-order valence-electron chi connectivity index (χ1n) is 8.23. The second-order valence-electron chi connectivity index (χ2n) is 6.48. The van der Waals surface area contributed by atoms with Crippen molar-refractivity contribution < 1.29 is 0 Å². The van der Waals surface area contributed by atoms with Crippen molar-refractivity contribution in [3.8, 4) is 0 Å². The number of aryl methyl sites for hydroxylation is 1. The van der Waals surface area contributed by atoms with E-state index in [0.29, 0.717) is 28.7 Å². The largest absolute Gasteiger partial charge is 0.340 e. The van der Waals surface area contributed by atoms with Crippen LogP contribution in [0, 0.1) is 0 Å². The summed E-state index contributed by atoms with van der Waals surface area (Å²) in [4.78, 5) is 34.0. The van der Waals surface area contributed by atoms with Gasteiger partial charge in [-0.15, -0.1) is 0 Å². The van der Waals surface area contributed by atoms with Crippen LogP contribution in [-0.2, 0) is 20.6 Å². The van der Waals surface area contributed by atoms with E-state index in [4.69, 9.17) is 11.6 Å². The Bertz CT molecular complexity index is 942. The van der Waals surface area contributed by atoms with Crippen molar-refractivity contribution >= 4 is 28.7 Å². The van der Waals surface area contributed by atoms with Crippen LogP contribution >= 0.6 is 11.6 Å². The molecule has 1 aliphatic rings. The van der Waals surface area contributed by atoms with Crippen molar-refractivity contribution in [1.82, 2.24) is 23.6 Å². The molecule has 0 saturated carbocycles. The number of rotatable bonds is 3. The third-order valence-corrected chi connectivity index (χ3v) is 4.82. The third kappa shape index (κ3) is 3.11. The molecule has 0 N–H and O–H groups in total. The minimum absolute atomic E-state index is 0.341. The SMILES string of the molecule is C/C(Cl)=C\Cn1c(N2CCN(C)CC2)nc2c1c(=O)n(C)c(=O)n2C. The van der Waals surface area contributed by atoms with E-state index in [-0.39, 0.29) is 11.2 Å². The number of allylic oxidation sites excluding steroid dienone is 2. The predicted octanol–water partition coefficient (Wildman–Crippen LogP) is 0.328. The molecule has 1 aliphatic heterocycles. The molecule has 0 bridgehead atoms. The molecule has 2 aromatic rings. The topological polar surface area (TPSA) is 68.3 Å². The smallest absolute Gasteiger partial charge is 0.332 e. The maximum Gasteiger partial charge on any atom is 0.332 e. The van der Waals surface area contributed by atoms with E-state index >= 15 is 0 Å². The highest BCUT2D eigenvalue weighted by Crippen LogP contribution is 2.21. The predicted molar refractivity (Wildman–Crippen MR) is 99.5 cm³/mol. The van der Waals surface area contributed by atoms with Gasteiger partial charge in [0.15, 0.2) is 11.2 Å². The van der Waals surface area contributed by atoms with Crippen molar-refractivity contribution in [2.24, 2.45) is 14.1 Å². The van der Waals surface area contributed by atoms with Gasteiger partial charge in [0, 0.05) is 51.9 Å². The summed E-state index contributed by atoms with van der Waals surface area (Å²) in [7, 11) is 5.21. The summed E-state index contributed by atoms with van der Waals surface area (Å²) in [6, 6.07) is 0. The Kier molecular flexibility index (Phi) is 4.75. The maximum absolute atomic E-state index is 12.7. The van der Waals surface area contributed by atoms with Gasteiger partial charge in [-0.3, -0.25) is 13.9 Å². The molecule has 0 spiro atoms. The number of nitrogens with zero attached hydrogens (tertiary/aromatic N) is 6. The zero-order valence-corrected chi connectivity index (χ0v) is 15.7. The molecule has 0 unspecified atom stereocenters. The second kappa shape index (κ2) is 6.68. The van der Waals surface area contributed by atoms with E-state index in [2.05, 4.69) is 21.8 Å². The molecule has 0 amide bonds. The van der Waals surface area contributed by atoms with E-state index in [1.165, 1.54) is 11.6 Å². The zero-order chi connectivity index (χ0) is 18.3. The first-order valence-corrected chi connectivity index (χ1v) is 8.61. The molecule has 9 heteroatoms. The second-order valence-corrected chi connectivity index (χ2v) is 7.08. The highest BCUT2D eigenvalue weighted by Gasteiger charge is 2.24. The number of hydrogen-bond acceptors (Lipinski definition) is 5. The lowest BCUT2D eigenvalue weighted by Crippen LogP contribution is -2.45. The van der Waals surface area contributed by atoms with Gasteiger partial charge in [0.05, 0.1) is 0 Å². The summed E-state index contributed by atoms with van der Waals surface area (Å²) in [6.07, 6.45) is 1.84. The van der Waals surface area contributed by atoms with Crippen molar-refractivity contribution in [3.05, 3.63) is 31.9 Å². The van der Waals surface area contributed by atoms with E-state index in [1.807, 2.05) is 10.6 Å². The van der Waals surface area contributed by atoms with E-state index in [0.717, 1.165) is 30.7 Å². The molecule has 0 aliphatic carbocycles. The Labute approximate surface area is 150 Å². The molecule has 0 atom stereocenters. The maximum atomic E-state index is 12.7. The fourth-order valence-electron chi connectivity index (χ4n) is 3.07. The number of fused-ring (bicyclic) bond motifs is 1. The van der Waals surface area contributed by atoms with Crippen LogP contribution in [-0.4, -0.2) is 56.8 Å². The molecule has 3 rings (SSSR count). The van der Waals surface area contributed by atoms with Gasteiger partial charge in [-0.1, -0.05) is 17.7 Å². The molecular formula is C16H23ClN6O2. The minimum Gasteiger partial charge on any atom is -0.340 e. The van der Waals surface area contributed by atoms with Crippen molar-refractivity contribution in [2.75, 3.05) is 38.1 Å². The quantitative estimate of drug-likeness (QED) is 0.783. The number of imidazole rings is 1. The Morgan fingerprint density at radius 3 is 2.36 bits per heavy atom. The van der Waals surface area contributed by atoms with Crippen LogP contribution in [0.1, 0.15) is 6.92 Å². The van der Waals surface area contributed by atoms with Crippen molar-refractivity contribution in [1.29, 1.82) is 0 Å². The van der Waals surface area contributed by atoms with Gasteiger partial charge in [0.2, 0.25) is 5.95 Å². The first kappa shape index (κ1) is 17.8. The lowest BCUT2D eigenvalue weighted by molar-refractivity contribution is 0.310. The molecule has 1 fully saturated rings. The number of halogens is 1. The van der Waals surface area contributed by atoms with Gasteiger partial charge in [-0.05, 0) is 14.0 Å². The molecule has 1 saturated heterocycles. The normalized spacial score (nSPS) is 16.8. The van der Waals surface area contributed by atoms with Gasteiger partial charge in [0.25, 0.3) is 5.56 Å². The van der Waals surface area contributed by atoms with Gasteiger partial charge >= 0.3 is 5.69 Å². The fraction of sp³-hybridized carbons (Fsp3) is 0.562. The van der Waals surface area contributed by atoms with Gasteiger partial charge in [-0.25, -0.2) is 4.79 Å². The number of anilines is 1. The minimum atomic E-state index is -0.379. The van der Waals surface area contributed by atoms with E-state index < -0.39 is 0 Å². The molecule has 3 heterocycles. The zero-order valence-electron chi connectivity index (χ0n) is 15.0. The van der Waals surface area contributed by atoms with E-state index in [1.54, 1.807) is 14.0 Å². The van der Waals surface area contributed by atoms with Crippen LogP contribution in [0.5, 0.6) is 0 Å². The van der Waals surface area contributed by atoms with Crippen LogP contribution in [0.4, 0.5) is 5.95 Å². The average molecular weight is 367 g/mol. The summed E-state index contributed by atoms with van der Waals surface area (Å²) in [5, 5.41) is 0.646. The Balaban J connectivity index is 2.25. The molecule has 0 radical (unpaired) electrons. The summed E-state index contributed by atoms with van der Waals surface area (Å²) in [5.74, 6) is 0.704. The van der Waals surface area contributed by atoms with Crippen LogP contribution in [0.3, 0.4) is 0 Å². The lowest BCUT2D eigenvalue weighted by atomic mass is 10.3. The van der Waals surface area contributed by atoms with Crippen molar-refractivity contribution in [2.45, 2.75) is 13.5 Å². The highest BCUT2D eigenvalue weighted by atomic mass is 35.5. The van der Waals surface area contributed by atoms with Crippen LogP contribution < -0.4 is 16.1 Å². The summed E-state index contributed by atoms with van der Waals surface area (Å²) >= 11 is 6.00. The molecule has 25 heavy (non-hydrogen) atoms. The van der Waals surface area contributed by atoms with Gasteiger partial charge in [-0.2, -0.15) is 4.98 Å². The number of aromatic nitrogens is 4. The summed E-state index contributed by atoms with van der Waals surface area (Å²) in [5.41, 5.74) is 0.109. The Morgan fingerprint density at radius 1 is 1.12 bits per heavy atom. The van der Waals surface area contributed by atoms with Gasteiger partial charge in [0.1, 0.15) is 0 Å². The summed E-state index contributed by atoms with van der Waals surface area (Å²) in [6.45, 7) is 5.70. The monoisotopic (exact) mass is 366 g/mol. The van der Waals surface area contributed by atoms with Crippen LogP contribution in [0.25, 0.3) is 11.2 Å². The fourth-order valence-corrected chi connectivity index (χ4v) is 3.14. The van der Waals surface area contributed by atoms with Crippen LogP contribution in [0.2, 0.25) is 0 Å². The average Bonchev–Trinajstić information content (AvgIpc) is 2.96. The standard InChI is InChI=1S/C16H23ClN6O2/c1-11(17)5-6-23-12-13(20(3)16(25)21(4)14(12)24)18-15(23)22-9-7-19(2)8-10-22/h5H,6-10H2,1-4H3/b11-5+. The molecule has 8 nitrogen and oxygen atoms in total. The van der Waals surface area contributed by atoms with Crippen molar-refractivity contribution in [3.63, 3.8) is 0 Å². The summed E-state index contributed by atoms with van der Waals surface area (Å²) < 4.78 is 4.39. The number of hydrogen-bond donors (Lipinski definition) is 0. The van der Waals surface area contributed by atoms with Crippen LogP contribution in [0.15, 0.2) is 20.7 Å². The van der Waals surface area contributed by atoms with Gasteiger partial charge < -0.3 is 14.4 Å². The third-order valence-electron chi connectivity index (χ3n) is 4.67.